The highest BCUT2D eigenvalue weighted by molar-refractivity contribution is 5.86. The smallest absolute Gasteiger partial charge is 0.109 e. The molecule has 0 radical (unpaired) electrons. The monoisotopic (exact) mass is 740 g/mol. The summed E-state index contributed by atoms with van der Waals surface area (Å²) in [5.74, 6) is 0. The summed E-state index contributed by atoms with van der Waals surface area (Å²) in [4.78, 5) is 4.92. The van der Waals surface area contributed by atoms with Crippen LogP contribution in [0.3, 0.4) is 0 Å². The van der Waals surface area contributed by atoms with Crippen LogP contribution in [-0.2, 0) is 5.41 Å². The summed E-state index contributed by atoms with van der Waals surface area (Å²) in [5.41, 5.74) is 12.6. The van der Waals surface area contributed by atoms with Gasteiger partial charge < -0.3 is 0 Å². The van der Waals surface area contributed by atoms with Gasteiger partial charge in [-0.15, -0.1) is 0 Å². The van der Waals surface area contributed by atoms with Crippen molar-refractivity contribution in [2.24, 2.45) is 0 Å². The number of nitrogens with zero attached hydrogens (tertiary/aromatic N) is 3. The Morgan fingerprint density at radius 1 is 0.455 bits per heavy atom. The average molecular weight is 740 g/mol. The molecule has 290 valence electrons. The molecule has 0 fully saturated rings. The van der Waals surface area contributed by atoms with Gasteiger partial charge in [-0.05, 0) is 123 Å². The Kier molecular flexibility index (Phi) is 13.8. The van der Waals surface area contributed by atoms with Crippen LogP contribution in [0.5, 0.6) is 0 Å². The molecule has 5 aromatic rings. The molecule has 0 saturated heterocycles. The molecule has 0 aliphatic heterocycles. The maximum absolute atomic E-state index is 10.9. The van der Waals surface area contributed by atoms with E-state index in [1.807, 2.05) is 12.3 Å². The fourth-order valence-electron chi connectivity index (χ4n) is 8.95. The summed E-state index contributed by atoms with van der Waals surface area (Å²) in [7, 11) is 0. The minimum atomic E-state index is -0.101. The summed E-state index contributed by atoms with van der Waals surface area (Å²) in [6.45, 7) is 13.0. The molecule has 0 saturated carbocycles. The minimum absolute atomic E-state index is 0.101. The lowest BCUT2D eigenvalue weighted by molar-refractivity contribution is -1.10. The number of aromatic nitrogens is 1. The van der Waals surface area contributed by atoms with E-state index in [1.165, 1.54) is 38.9 Å². The highest BCUT2D eigenvalue weighted by atomic mass is 16.5. The molecule has 1 aliphatic carbocycles. The van der Waals surface area contributed by atoms with Gasteiger partial charge in [-0.1, -0.05) is 117 Å². The lowest BCUT2D eigenvalue weighted by Crippen LogP contribution is -2.44. The zero-order valence-electron chi connectivity index (χ0n) is 34.0. The second-order valence-corrected chi connectivity index (χ2v) is 16.0. The van der Waals surface area contributed by atoms with E-state index in [9.17, 15) is 10.4 Å². The van der Waals surface area contributed by atoms with Crippen molar-refractivity contribution in [1.82, 2.24) is 4.98 Å². The Morgan fingerprint density at radius 3 is 1.35 bits per heavy atom. The summed E-state index contributed by atoms with van der Waals surface area (Å²) >= 11 is 0. The predicted octanol–water partition coefficient (Wildman–Crippen LogP) is 12.7. The van der Waals surface area contributed by atoms with Crippen molar-refractivity contribution in [3.05, 3.63) is 127 Å². The van der Waals surface area contributed by atoms with E-state index in [2.05, 4.69) is 131 Å². The van der Waals surface area contributed by atoms with Crippen LogP contribution in [0, 0.1) is 0 Å². The zero-order valence-corrected chi connectivity index (χ0v) is 34.0. The van der Waals surface area contributed by atoms with E-state index in [0.29, 0.717) is 0 Å². The third-order valence-electron chi connectivity index (χ3n) is 12.8. The Hall–Kier alpha value is -4.13. The van der Waals surface area contributed by atoms with Crippen molar-refractivity contribution in [3.63, 3.8) is 0 Å². The van der Waals surface area contributed by atoms with E-state index in [4.69, 9.17) is 4.98 Å². The van der Waals surface area contributed by atoms with E-state index < -0.39 is 0 Å². The fraction of sp³-hybridized carbons (Fsp3) is 0.420. The van der Waals surface area contributed by atoms with Crippen molar-refractivity contribution < 1.29 is 19.7 Å². The molecule has 6 rings (SSSR count). The second-order valence-electron chi connectivity index (χ2n) is 16.0. The van der Waals surface area contributed by atoms with E-state index in [1.54, 1.807) is 0 Å². The summed E-state index contributed by atoms with van der Waals surface area (Å²) in [6.07, 6.45) is 13.2. The van der Waals surface area contributed by atoms with Crippen molar-refractivity contribution in [2.45, 2.75) is 97.3 Å². The number of hydroxylamine groups is 6. The van der Waals surface area contributed by atoms with Crippen molar-refractivity contribution in [3.8, 4) is 44.6 Å². The standard InChI is InChI=1S/C50H65N3O2/c1-5-52(54,6-2)35-21-11-9-19-33-50(34-20-10-12-22-36-53(55,7-3)8-4)47-37-42(40-23-15-13-16-24-40)27-30-45(47)46-31-28-43(38-48(46)50)44-29-32-49(51-39-44)41-25-17-14-18-26-41/h13-18,23-32,37-39,54-55H,5-12,19-22,33-36H2,1-4H3/q+2. The highest BCUT2D eigenvalue weighted by Gasteiger charge is 2.42. The molecular formula is C50H65N3O2+2. The Balaban J connectivity index is 1.33. The first kappa shape index (κ1) is 40.5. The Bertz CT molecular complexity index is 1900. The number of rotatable bonds is 21. The molecule has 55 heavy (non-hydrogen) atoms. The summed E-state index contributed by atoms with van der Waals surface area (Å²) in [5, 5.41) is 21.8. The van der Waals surface area contributed by atoms with Gasteiger partial charge in [0.15, 0.2) is 0 Å². The summed E-state index contributed by atoms with van der Waals surface area (Å²) in [6, 6.07) is 40.0. The van der Waals surface area contributed by atoms with Crippen molar-refractivity contribution >= 4 is 0 Å². The molecule has 5 heteroatoms. The fourth-order valence-corrected chi connectivity index (χ4v) is 8.95. The molecule has 2 N–H and O–H groups in total. The van der Waals surface area contributed by atoms with E-state index in [-0.39, 0.29) is 14.7 Å². The number of pyridine rings is 1. The van der Waals surface area contributed by atoms with Gasteiger partial charge in [0.2, 0.25) is 0 Å². The molecule has 5 nitrogen and oxygen atoms in total. The van der Waals surface area contributed by atoms with Crippen LogP contribution >= 0.6 is 0 Å². The van der Waals surface area contributed by atoms with Crippen molar-refractivity contribution in [1.29, 1.82) is 0 Å². The normalized spacial score (nSPS) is 13.5. The van der Waals surface area contributed by atoms with Crippen LogP contribution in [0.15, 0.2) is 115 Å². The molecule has 0 unspecified atom stereocenters. The average Bonchev–Trinajstić information content (AvgIpc) is 3.51. The van der Waals surface area contributed by atoms with Gasteiger partial charge in [-0.2, -0.15) is 9.29 Å². The van der Waals surface area contributed by atoms with Gasteiger partial charge in [0.25, 0.3) is 0 Å². The number of hydrogen-bond acceptors (Lipinski definition) is 3. The molecule has 1 aliphatic rings. The maximum Gasteiger partial charge on any atom is 0.109 e. The third-order valence-corrected chi connectivity index (χ3v) is 12.8. The van der Waals surface area contributed by atoms with Gasteiger partial charge in [0.05, 0.1) is 5.69 Å². The third kappa shape index (κ3) is 9.47. The first-order chi connectivity index (χ1) is 26.8. The number of hydrogen-bond donors (Lipinski definition) is 2. The molecule has 0 atom stereocenters. The van der Waals surface area contributed by atoms with E-state index >= 15 is 0 Å². The lowest BCUT2D eigenvalue weighted by atomic mass is 9.70. The predicted molar refractivity (Wildman–Crippen MR) is 229 cm³/mol. The van der Waals surface area contributed by atoms with Crippen LogP contribution < -0.4 is 0 Å². The van der Waals surface area contributed by atoms with Crippen LogP contribution in [-0.4, -0.2) is 64.0 Å². The lowest BCUT2D eigenvalue weighted by Gasteiger charge is -2.33. The van der Waals surface area contributed by atoms with Crippen LogP contribution in [0.1, 0.15) is 103 Å². The zero-order chi connectivity index (χ0) is 38.7. The first-order valence-electron chi connectivity index (χ1n) is 21.3. The SMILES string of the molecule is CC[N+](O)(CC)CCCCCCC1(CCCCCC[N+](O)(CC)CC)c2cc(-c3ccccc3)ccc2-c2ccc(-c3ccc(-c4ccccc4)nc3)cc21. The number of benzene rings is 4. The van der Waals surface area contributed by atoms with Crippen LogP contribution in [0.2, 0.25) is 0 Å². The second kappa shape index (κ2) is 18.7. The molecule has 1 heterocycles. The molecular weight excluding hydrogens is 675 g/mol. The van der Waals surface area contributed by atoms with Gasteiger partial charge >= 0.3 is 0 Å². The van der Waals surface area contributed by atoms with Gasteiger partial charge in [-0.25, -0.2) is 10.4 Å². The number of fused-ring (bicyclic) bond motifs is 3. The molecule has 0 bridgehead atoms. The molecule has 4 aromatic carbocycles. The van der Waals surface area contributed by atoms with Crippen molar-refractivity contribution in [2.75, 3.05) is 39.3 Å². The summed E-state index contributed by atoms with van der Waals surface area (Å²) < 4.78 is 0.341. The topological polar surface area (TPSA) is 53.4 Å². The Labute approximate surface area is 331 Å². The molecule has 1 aromatic heterocycles. The highest BCUT2D eigenvalue weighted by Crippen LogP contribution is 2.55. The molecule has 0 spiro atoms. The van der Waals surface area contributed by atoms with Crippen LogP contribution in [0.25, 0.3) is 44.6 Å². The number of unbranched alkanes of at least 4 members (excludes halogenated alkanes) is 6. The van der Waals surface area contributed by atoms with Crippen LogP contribution in [0.4, 0.5) is 0 Å². The van der Waals surface area contributed by atoms with Gasteiger partial charge in [0.1, 0.15) is 39.3 Å². The largest absolute Gasteiger partial charge is 0.256 e. The Morgan fingerprint density at radius 2 is 0.891 bits per heavy atom. The minimum Gasteiger partial charge on any atom is -0.256 e. The van der Waals surface area contributed by atoms with Gasteiger partial charge in [0, 0.05) is 22.7 Å². The molecule has 0 amide bonds. The van der Waals surface area contributed by atoms with Gasteiger partial charge in [-0.3, -0.25) is 4.98 Å². The maximum atomic E-state index is 10.9. The van der Waals surface area contributed by atoms with E-state index in [0.717, 1.165) is 120 Å². The number of quaternary nitrogens is 2. The first-order valence-corrected chi connectivity index (χ1v) is 21.3. The quantitative estimate of drug-likeness (QED) is 0.0448.